The van der Waals surface area contributed by atoms with Gasteiger partial charge >= 0.3 is 0 Å². The lowest BCUT2D eigenvalue weighted by molar-refractivity contribution is -0.118. The van der Waals surface area contributed by atoms with Gasteiger partial charge in [-0.2, -0.15) is 0 Å². The Kier molecular flexibility index (Phi) is 4.37. The monoisotopic (exact) mass is 203 g/mol. The molecule has 1 aromatic rings. The van der Waals surface area contributed by atoms with E-state index in [1.165, 1.54) is 6.92 Å². The second kappa shape index (κ2) is 5.56. The van der Waals surface area contributed by atoms with E-state index in [-0.39, 0.29) is 12.5 Å². The molecule has 0 atom stereocenters. The summed E-state index contributed by atoms with van der Waals surface area (Å²) >= 11 is 0. The maximum atomic E-state index is 10.6. The summed E-state index contributed by atoms with van der Waals surface area (Å²) in [6, 6.07) is 5.54. The minimum Gasteiger partial charge on any atom is -0.392 e. The Balaban J connectivity index is 2.55. The summed E-state index contributed by atoms with van der Waals surface area (Å²) in [7, 11) is 5.72. The summed E-state index contributed by atoms with van der Waals surface area (Å²) in [6.07, 6.45) is 0.746. The van der Waals surface area contributed by atoms with Gasteiger partial charge in [-0.1, -0.05) is 23.7 Å². The smallest absolute Gasteiger partial charge is 0.216 e. The highest BCUT2D eigenvalue weighted by Crippen LogP contribution is 2.01. The summed E-state index contributed by atoms with van der Waals surface area (Å²) in [6.45, 7) is 2.05. The zero-order valence-corrected chi connectivity index (χ0v) is 8.79. The van der Waals surface area contributed by atoms with Crippen LogP contribution < -0.4 is 10.8 Å². The van der Waals surface area contributed by atoms with Gasteiger partial charge < -0.3 is 10.4 Å². The highest BCUT2D eigenvalue weighted by molar-refractivity contribution is 6.33. The number of benzene rings is 1. The van der Waals surface area contributed by atoms with Crippen LogP contribution in [0.3, 0.4) is 0 Å². The summed E-state index contributed by atoms with van der Waals surface area (Å²) in [4.78, 5) is 10.6. The predicted molar refractivity (Wildman–Crippen MR) is 60.1 cm³/mol. The Hall–Kier alpha value is -1.29. The van der Waals surface area contributed by atoms with Crippen LogP contribution in [0.2, 0.25) is 0 Å². The molecule has 2 radical (unpaired) electrons. The van der Waals surface area contributed by atoms with Crippen molar-refractivity contribution in [2.75, 3.05) is 6.54 Å². The molecular weight excluding hydrogens is 189 g/mol. The summed E-state index contributed by atoms with van der Waals surface area (Å²) in [5, 5.41) is 11.6. The molecule has 0 fully saturated rings. The van der Waals surface area contributed by atoms with Crippen molar-refractivity contribution in [1.82, 2.24) is 5.32 Å². The number of carbonyl (C=O) groups is 1. The van der Waals surface area contributed by atoms with Crippen LogP contribution in [0.5, 0.6) is 0 Å². The van der Waals surface area contributed by atoms with Crippen molar-refractivity contribution >= 4 is 19.2 Å². The molecule has 0 aliphatic rings. The average molecular weight is 203 g/mol. The number of carbonyl (C=O) groups excluding carboxylic acids is 1. The van der Waals surface area contributed by atoms with Crippen molar-refractivity contribution in [3.8, 4) is 0 Å². The molecule has 0 heterocycles. The van der Waals surface area contributed by atoms with Gasteiger partial charge in [0.25, 0.3) is 0 Å². The summed E-state index contributed by atoms with van der Waals surface area (Å²) < 4.78 is 0. The molecule has 3 nitrogen and oxygen atoms in total. The highest BCUT2D eigenvalue weighted by atomic mass is 16.3. The van der Waals surface area contributed by atoms with Crippen LogP contribution in [0.1, 0.15) is 18.1 Å². The second-order valence-electron chi connectivity index (χ2n) is 3.42. The minimum absolute atomic E-state index is 0.0325. The van der Waals surface area contributed by atoms with Gasteiger partial charge in [0.1, 0.15) is 7.85 Å². The van der Waals surface area contributed by atoms with Gasteiger partial charge in [-0.3, -0.25) is 4.79 Å². The molecule has 2 N–H and O–H groups in total. The Morgan fingerprint density at radius 1 is 1.53 bits per heavy atom. The fourth-order valence-electron chi connectivity index (χ4n) is 1.33. The van der Waals surface area contributed by atoms with E-state index >= 15 is 0 Å². The third kappa shape index (κ3) is 3.76. The molecule has 4 heteroatoms. The second-order valence-corrected chi connectivity index (χ2v) is 3.42. The van der Waals surface area contributed by atoms with Crippen LogP contribution in [0.15, 0.2) is 18.2 Å². The molecule has 0 aliphatic heterocycles. The zero-order valence-electron chi connectivity index (χ0n) is 8.79. The zero-order chi connectivity index (χ0) is 11.3. The number of amides is 1. The van der Waals surface area contributed by atoms with Gasteiger partial charge in [0.05, 0.1) is 6.61 Å². The molecule has 0 aromatic heterocycles. The van der Waals surface area contributed by atoms with Gasteiger partial charge in [-0.05, 0) is 17.5 Å². The Morgan fingerprint density at radius 3 is 2.80 bits per heavy atom. The fourth-order valence-corrected chi connectivity index (χ4v) is 1.33. The maximum Gasteiger partial charge on any atom is 0.216 e. The predicted octanol–water partition coefficient (Wildman–Crippen LogP) is -0.349. The lowest BCUT2D eigenvalue weighted by atomic mass is 9.88. The molecule has 1 amide bonds. The van der Waals surface area contributed by atoms with Crippen LogP contribution >= 0.6 is 0 Å². The van der Waals surface area contributed by atoms with E-state index in [9.17, 15) is 4.79 Å². The number of hydrogen-bond acceptors (Lipinski definition) is 2. The van der Waals surface area contributed by atoms with E-state index in [4.69, 9.17) is 13.0 Å². The van der Waals surface area contributed by atoms with Crippen LogP contribution in [-0.4, -0.2) is 25.4 Å². The first kappa shape index (κ1) is 11.8. The highest BCUT2D eigenvalue weighted by Gasteiger charge is 1.99. The first-order valence-corrected chi connectivity index (χ1v) is 4.86. The number of hydrogen-bond donors (Lipinski definition) is 2. The maximum absolute atomic E-state index is 10.6. The SMILES string of the molecule is [B]c1cc(CCNC(C)=O)ccc1CO. The van der Waals surface area contributed by atoms with E-state index in [0.717, 1.165) is 17.5 Å². The number of nitrogens with one attached hydrogen (secondary N) is 1. The van der Waals surface area contributed by atoms with Crippen LogP contribution in [0.4, 0.5) is 0 Å². The topological polar surface area (TPSA) is 49.3 Å². The van der Waals surface area contributed by atoms with E-state index in [1.54, 1.807) is 6.07 Å². The van der Waals surface area contributed by atoms with Crippen molar-refractivity contribution in [3.05, 3.63) is 29.3 Å². The fraction of sp³-hybridized carbons (Fsp3) is 0.364. The molecule has 0 unspecified atom stereocenters. The molecule has 0 spiro atoms. The van der Waals surface area contributed by atoms with Crippen molar-refractivity contribution in [2.45, 2.75) is 20.0 Å². The number of aliphatic hydroxyl groups excluding tert-OH is 1. The van der Waals surface area contributed by atoms with E-state index in [1.807, 2.05) is 12.1 Å². The van der Waals surface area contributed by atoms with Gasteiger partial charge in [0.15, 0.2) is 0 Å². The van der Waals surface area contributed by atoms with Gasteiger partial charge in [0, 0.05) is 13.5 Å². The molecule has 0 bridgehead atoms. The molecule has 1 rings (SSSR count). The molecule has 0 saturated heterocycles. The quantitative estimate of drug-likeness (QED) is 0.657. The van der Waals surface area contributed by atoms with Gasteiger partial charge in [-0.25, -0.2) is 0 Å². The third-order valence-corrected chi connectivity index (χ3v) is 2.17. The van der Waals surface area contributed by atoms with E-state index in [0.29, 0.717) is 12.0 Å². The van der Waals surface area contributed by atoms with Crippen molar-refractivity contribution in [3.63, 3.8) is 0 Å². The Bertz CT molecular complexity index is 352. The lowest BCUT2D eigenvalue weighted by Crippen LogP contribution is -2.23. The Morgan fingerprint density at radius 2 is 2.27 bits per heavy atom. The van der Waals surface area contributed by atoms with Crippen molar-refractivity contribution in [2.24, 2.45) is 0 Å². The Labute approximate surface area is 90.9 Å². The van der Waals surface area contributed by atoms with Gasteiger partial charge in [0.2, 0.25) is 5.91 Å². The summed E-state index contributed by atoms with van der Waals surface area (Å²) in [5.41, 5.74) is 2.38. The van der Waals surface area contributed by atoms with Crippen LogP contribution in [0, 0.1) is 0 Å². The molecule has 1 aromatic carbocycles. The molecule has 0 saturated carbocycles. The third-order valence-electron chi connectivity index (χ3n) is 2.17. The minimum atomic E-state index is -0.0438. The van der Waals surface area contributed by atoms with Crippen molar-refractivity contribution < 1.29 is 9.90 Å². The largest absolute Gasteiger partial charge is 0.392 e. The number of rotatable bonds is 4. The molecular formula is C11H14BNO2. The van der Waals surface area contributed by atoms with E-state index in [2.05, 4.69) is 5.32 Å². The first-order valence-electron chi connectivity index (χ1n) is 4.86. The van der Waals surface area contributed by atoms with Crippen molar-refractivity contribution in [1.29, 1.82) is 0 Å². The lowest BCUT2D eigenvalue weighted by Gasteiger charge is -2.07. The van der Waals surface area contributed by atoms with E-state index < -0.39 is 0 Å². The van der Waals surface area contributed by atoms with Crippen LogP contribution in [0.25, 0.3) is 0 Å². The normalized spacial score (nSPS) is 10.0. The standard InChI is InChI=1S/C11H14BNO2/c1-8(15)13-5-4-9-2-3-10(7-14)11(12)6-9/h2-3,6,14H,4-5,7H2,1H3,(H,13,15). The molecule has 78 valence electrons. The number of aliphatic hydroxyl groups is 1. The van der Waals surface area contributed by atoms with Crippen LogP contribution in [-0.2, 0) is 17.8 Å². The summed E-state index contributed by atoms with van der Waals surface area (Å²) in [5.74, 6) is -0.0325. The molecule has 0 aliphatic carbocycles. The first-order chi connectivity index (χ1) is 7.13. The average Bonchev–Trinajstić information content (AvgIpc) is 2.17. The molecule has 15 heavy (non-hydrogen) atoms. The van der Waals surface area contributed by atoms with Gasteiger partial charge in [-0.15, -0.1) is 0 Å².